The Hall–Kier alpha value is -2.11. The Bertz CT molecular complexity index is 551. The minimum Gasteiger partial charge on any atom is -0.504 e. The van der Waals surface area contributed by atoms with Gasteiger partial charge in [0.2, 0.25) is 0 Å². The average molecular weight is 282 g/mol. The van der Waals surface area contributed by atoms with Crippen LogP contribution in [0.15, 0.2) is 12.1 Å². The van der Waals surface area contributed by atoms with Crippen molar-refractivity contribution >= 4 is 11.9 Å². The number of aliphatic carboxylic acids is 1. The van der Waals surface area contributed by atoms with Crippen LogP contribution < -0.4 is 0 Å². The second-order valence-corrected chi connectivity index (χ2v) is 4.93. The van der Waals surface area contributed by atoms with E-state index in [-0.39, 0.29) is 23.8 Å². The lowest BCUT2D eigenvalue weighted by atomic mass is 9.89. The van der Waals surface area contributed by atoms with Crippen molar-refractivity contribution in [3.63, 3.8) is 0 Å². The van der Waals surface area contributed by atoms with Crippen molar-refractivity contribution in [3.8, 4) is 5.75 Å². The summed E-state index contributed by atoms with van der Waals surface area (Å²) in [5.74, 6) is -3.72. The van der Waals surface area contributed by atoms with Gasteiger partial charge in [0.25, 0.3) is 0 Å². The van der Waals surface area contributed by atoms with Gasteiger partial charge in [-0.05, 0) is 42.4 Å². The van der Waals surface area contributed by atoms with Crippen LogP contribution in [0, 0.1) is 11.7 Å². The molecule has 0 heterocycles. The highest BCUT2D eigenvalue weighted by Crippen LogP contribution is 2.45. The summed E-state index contributed by atoms with van der Waals surface area (Å²) in [5.41, 5.74) is 0.129. The Morgan fingerprint density at radius 2 is 2.10 bits per heavy atom. The largest absolute Gasteiger partial charge is 0.504 e. The molecule has 2 rings (SSSR count). The fraction of sp³-hybridized carbons (Fsp3) is 0.429. The molecule has 108 valence electrons. The molecule has 0 spiro atoms. The highest BCUT2D eigenvalue weighted by molar-refractivity contribution is 5.92. The van der Waals surface area contributed by atoms with Crippen LogP contribution in [0.1, 0.15) is 41.1 Å². The first-order chi connectivity index (χ1) is 9.43. The van der Waals surface area contributed by atoms with Gasteiger partial charge in [0.15, 0.2) is 11.6 Å². The third-order valence-corrected chi connectivity index (χ3v) is 3.50. The number of carbonyl (C=O) groups is 2. The fourth-order valence-electron chi connectivity index (χ4n) is 2.34. The van der Waals surface area contributed by atoms with Crippen molar-refractivity contribution < 1.29 is 28.9 Å². The molecule has 1 unspecified atom stereocenters. The molecule has 6 heteroatoms. The smallest absolute Gasteiger partial charge is 0.341 e. The number of ether oxygens (including phenoxy) is 1. The molecule has 0 aliphatic heterocycles. The third kappa shape index (κ3) is 2.89. The molecule has 0 aromatic heterocycles. The number of carbonyl (C=O) groups excluding carboxylic acids is 1. The summed E-state index contributed by atoms with van der Waals surface area (Å²) < 4.78 is 18.2. The molecule has 1 aromatic rings. The van der Waals surface area contributed by atoms with Gasteiger partial charge in [-0.2, -0.15) is 0 Å². The van der Waals surface area contributed by atoms with E-state index in [1.54, 1.807) is 0 Å². The number of carboxylic acids is 1. The summed E-state index contributed by atoms with van der Waals surface area (Å²) in [6.45, 7) is 0. The third-order valence-electron chi connectivity index (χ3n) is 3.50. The molecule has 1 aliphatic carbocycles. The number of halogens is 1. The molecule has 1 aliphatic rings. The van der Waals surface area contributed by atoms with E-state index >= 15 is 0 Å². The van der Waals surface area contributed by atoms with Gasteiger partial charge in [0, 0.05) is 0 Å². The van der Waals surface area contributed by atoms with E-state index in [9.17, 15) is 19.1 Å². The molecule has 1 saturated carbocycles. The molecule has 0 radical (unpaired) electrons. The second-order valence-electron chi connectivity index (χ2n) is 4.93. The number of rotatable bonds is 5. The lowest BCUT2D eigenvalue weighted by Crippen LogP contribution is -2.11. The number of hydrogen-bond donors (Lipinski definition) is 2. The number of hydrogen-bond acceptors (Lipinski definition) is 4. The van der Waals surface area contributed by atoms with Crippen molar-refractivity contribution in [2.75, 3.05) is 7.11 Å². The summed E-state index contributed by atoms with van der Waals surface area (Å²) >= 11 is 0. The summed E-state index contributed by atoms with van der Waals surface area (Å²) in [7, 11) is 1.13. The lowest BCUT2D eigenvalue weighted by Gasteiger charge is -2.16. The van der Waals surface area contributed by atoms with Gasteiger partial charge in [-0.1, -0.05) is 0 Å². The van der Waals surface area contributed by atoms with Gasteiger partial charge < -0.3 is 14.9 Å². The molecule has 20 heavy (non-hydrogen) atoms. The van der Waals surface area contributed by atoms with Crippen LogP contribution in [0.2, 0.25) is 0 Å². The van der Waals surface area contributed by atoms with E-state index in [1.165, 1.54) is 6.07 Å². The zero-order chi connectivity index (χ0) is 14.9. The maximum absolute atomic E-state index is 13.7. The Morgan fingerprint density at radius 1 is 1.45 bits per heavy atom. The lowest BCUT2D eigenvalue weighted by molar-refractivity contribution is -0.137. The number of phenolic OH excluding ortho intramolecular Hbond substituents is 1. The quantitative estimate of drug-likeness (QED) is 0.809. The van der Waals surface area contributed by atoms with Crippen LogP contribution in [0.3, 0.4) is 0 Å². The molecule has 0 bridgehead atoms. The van der Waals surface area contributed by atoms with E-state index in [0.29, 0.717) is 5.56 Å². The van der Waals surface area contributed by atoms with Gasteiger partial charge in [-0.3, -0.25) is 4.79 Å². The normalized spacial score (nSPS) is 15.7. The van der Waals surface area contributed by atoms with Crippen LogP contribution >= 0.6 is 0 Å². The summed E-state index contributed by atoms with van der Waals surface area (Å²) in [4.78, 5) is 22.4. The first-order valence-electron chi connectivity index (χ1n) is 6.26. The van der Waals surface area contributed by atoms with Gasteiger partial charge in [-0.25, -0.2) is 9.18 Å². The molecular formula is C14H15FO5. The zero-order valence-electron chi connectivity index (χ0n) is 10.9. The summed E-state index contributed by atoms with van der Waals surface area (Å²) in [5, 5.41) is 18.5. The molecule has 1 aromatic carbocycles. The predicted molar refractivity (Wildman–Crippen MR) is 67.1 cm³/mol. The minimum atomic E-state index is -0.977. The van der Waals surface area contributed by atoms with Gasteiger partial charge in [0.1, 0.15) is 5.56 Å². The number of benzene rings is 1. The van der Waals surface area contributed by atoms with Crippen molar-refractivity contribution in [2.24, 2.45) is 5.92 Å². The van der Waals surface area contributed by atoms with E-state index in [4.69, 9.17) is 5.11 Å². The maximum Gasteiger partial charge on any atom is 0.341 e. The second kappa shape index (κ2) is 5.48. The summed E-state index contributed by atoms with van der Waals surface area (Å²) in [6, 6.07) is 2.41. The fourth-order valence-corrected chi connectivity index (χ4v) is 2.34. The van der Waals surface area contributed by atoms with Crippen LogP contribution in [0.5, 0.6) is 5.75 Å². The van der Waals surface area contributed by atoms with Crippen LogP contribution in [-0.4, -0.2) is 29.3 Å². The first kappa shape index (κ1) is 14.3. The molecule has 1 atom stereocenters. The molecular weight excluding hydrogens is 267 g/mol. The van der Waals surface area contributed by atoms with Crippen LogP contribution in [0.25, 0.3) is 0 Å². The molecule has 5 nitrogen and oxygen atoms in total. The van der Waals surface area contributed by atoms with Crippen molar-refractivity contribution in [1.82, 2.24) is 0 Å². The average Bonchev–Trinajstić information content (AvgIpc) is 3.22. The van der Waals surface area contributed by atoms with Crippen molar-refractivity contribution in [2.45, 2.75) is 25.2 Å². The Balaban J connectivity index is 2.42. The van der Waals surface area contributed by atoms with Crippen molar-refractivity contribution in [3.05, 3.63) is 29.1 Å². The Kier molecular flexibility index (Phi) is 3.92. The van der Waals surface area contributed by atoms with Crippen molar-refractivity contribution in [1.29, 1.82) is 0 Å². The topological polar surface area (TPSA) is 83.8 Å². The first-order valence-corrected chi connectivity index (χ1v) is 6.26. The SMILES string of the molecule is COC(=O)c1cc(C(CC(=O)O)C2CC2)cc(F)c1O. The maximum atomic E-state index is 13.7. The van der Waals surface area contributed by atoms with Crippen LogP contribution in [0.4, 0.5) is 4.39 Å². The summed E-state index contributed by atoms with van der Waals surface area (Å²) in [6.07, 6.45) is 1.64. The standard InChI is InChI=1S/C14H15FO5/c1-20-14(19)10-4-8(5-11(15)13(10)18)9(6-12(16)17)7-2-3-7/h4-5,7,9,18H,2-3,6H2,1H3,(H,16,17). The molecule has 0 saturated heterocycles. The van der Waals surface area contributed by atoms with Crippen LogP contribution in [-0.2, 0) is 9.53 Å². The number of carboxylic acid groups (broad SMARTS) is 1. The highest BCUT2D eigenvalue weighted by atomic mass is 19.1. The zero-order valence-corrected chi connectivity index (χ0v) is 10.9. The number of phenols is 1. The monoisotopic (exact) mass is 282 g/mol. The van der Waals surface area contributed by atoms with E-state index < -0.39 is 23.5 Å². The molecule has 2 N–H and O–H groups in total. The Labute approximate surface area is 115 Å². The Morgan fingerprint density at radius 3 is 2.60 bits per heavy atom. The number of aromatic hydroxyl groups is 1. The number of esters is 1. The number of methoxy groups -OCH3 is 1. The highest BCUT2D eigenvalue weighted by Gasteiger charge is 2.35. The van der Waals surface area contributed by atoms with E-state index in [0.717, 1.165) is 26.0 Å². The minimum absolute atomic E-state index is 0.129. The predicted octanol–water partition coefficient (Wildman–Crippen LogP) is 2.29. The van der Waals surface area contributed by atoms with Gasteiger partial charge >= 0.3 is 11.9 Å². The van der Waals surface area contributed by atoms with Gasteiger partial charge in [0.05, 0.1) is 13.5 Å². The molecule has 1 fully saturated rings. The van der Waals surface area contributed by atoms with E-state index in [1.807, 2.05) is 0 Å². The molecule has 0 amide bonds. The van der Waals surface area contributed by atoms with E-state index in [2.05, 4.69) is 4.74 Å². The van der Waals surface area contributed by atoms with Gasteiger partial charge in [-0.15, -0.1) is 0 Å².